The Kier molecular flexibility index (Phi) is 5.62. The zero-order chi connectivity index (χ0) is 12.9. The Balaban J connectivity index is 2.59. The maximum atomic E-state index is 11.8. The molecule has 3 nitrogen and oxygen atoms in total. The van der Waals surface area contributed by atoms with E-state index in [0.717, 1.165) is 5.56 Å². The van der Waals surface area contributed by atoms with E-state index in [1.807, 2.05) is 44.2 Å². The molecule has 0 aromatic heterocycles. The zero-order valence-electron chi connectivity index (χ0n) is 10.1. The van der Waals surface area contributed by atoms with Crippen LogP contribution < -0.4 is 4.72 Å². The predicted molar refractivity (Wildman–Crippen MR) is 75.0 cm³/mol. The molecule has 0 aliphatic rings. The molecular weight excluding hydrogens is 302 g/mol. The van der Waals surface area contributed by atoms with Crippen molar-refractivity contribution in [2.45, 2.75) is 24.6 Å². The lowest BCUT2D eigenvalue weighted by atomic mass is 10.0. The fourth-order valence-electron chi connectivity index (χ4n) is 1.51. The average Bonchev–Trinajstić information content (AvgIpc) is 2.27. The molecule has 0 spiro atoms. The number of alkyl halides is 1. The van der Waals surface area contributed by atoms with Gasteiger partial charge in [0.05, 0.1) is 5.75 Å². The number of hydrogen-bond donors (Lipinski definition) is 1. The molecule has 0 amide bonds. The second kappa shape index (κ2) is 6.52. The molecule has 0 aliphatic carbocycles. The van der Waals surface area contributed by atoms with Gasteiger partial charge in [0.2, 0.25) is 10.0 Å². The maximum Gasteiger partial charge on any atom is 0.212 e. The third kappa shape index (κ3) is 5.66. The van der Waals surface area contributed by atoms with Crippen LogP contribution in [0.1, 0.15) is 25.3 Å². The summed E-state index contributed by atoms with van der Waals surface area (Å²) in [4.78, 5) is 0.143. The molecule has 1 aromatic rings. The quantitative estimate of drug-likeness (QED) is 0.819. The van der Waals surface area contributed by atoms with Crippen LogP contribution in [0.2, 0.25) is 0 Å². The standard InChI is InChI=1S/C12H18BrNO2S/c1-10(12-6-4-3-5-7-12)9-17(15,16)14-8-11(2)13/h3-7,10-11,14H,8-9H2,1-2H3. The molecular formula is C12H18BrNO2S. The summed E-state index contributed by atoms with van der Waals surface area (Å²) in [6, 6.07) is 9.68. The SMILES string of the molecule is CC(Br)CNS(=O)(=O)CC(C)c1ccccc1. The highest BCUT2D eigenvalue weighted by Crippen LogP contribution is 2.16. The van der Waals surface area contributed by atoms with Gasteiger partial charge in [-0.2, -0.15) is 0 Å². The van der Waals surface area contributed by atoms with Crippen molar-refractivity contribution in [1.29, 1.82) is 0 Å². The van der Waals surface area contributed by atoms with Crippen molar-refractivity contribution in [2.24, 2.45) is 0 Å². The van der Waals surface area contributed by atoms with E-state index >= 15 is 0 Å². The summed E-state index contributed by atoms with van der Waals surface area (Å²) in [5.74, 6) is 0.121. The van der Waals surface area contributed by atoms with E-state index in [1.165, 1.54) is 0 Å². The van der Waals surface area contributed by atoms with E-state index in [4.69, 9.17) is 0 Å². The van der Waals surface area contributed by atoms with Gasteiger partial charge in [0, 0.05) is 11.4 Å². The lowest BCUT2D eigenvalue weighted by Crippen LogP contribution is -2.32. The van der Waals surface area contributed by atoms with Crippen molar-refractivity contribution in [3.05, 3.63) is 35.9 Å². The zero-order valence-corrected chi connectivity index (χ0v) is 12.5. The highest BCUT2D eigenvalue weighted by atomic mass is 79.9. The van der Waals surface area contributed by atoms with Crippen molar-refractivity contribution in [3.63, 3.8) is 0 Å². The monoisotopic (exact) mass is 319 g/mol. The molecule has 0 saturated heterocycles. The molecule has 2 unspecified atom stereocenters. The minimum Gasteiger partial charge on any atom is -0.214 e. The molecule has 1 N–H and O–H groups in total. The molecule has 0 radical (unpaired) electrons. The molecule has 1 rings (SSSR count). The normalized spacial score (nSPS) is 15.5. The average molecular weight is 320 g/mol. The second-order valence-corrected chi connectivity index (χ2v) is 7.64. The minimum atomic E-state index is -3.20. The van der Waals surface area contributed by atoms with Gasteiger partial charge in [0.25, 0.3) is 0 Å². The van der Waals surface area contributed by atoms with Crippen LogP contribution in [0.4, 0.5) is 0 Å². The van der Waals surface area contributed by atoms with Gasteiger partial charge in [0.15, 0.2) is 0 Å². The lowest BCUT2D eigenvalue weighted by Gasteiger charge is -2.13. The Morgan fingerprint density at radius 3 is 2.35 bits per heavy atom. The van der Waals surface area contributed by atoms with Crippen LogP contribution >= 0.6 is 15.9 Å². The van der Waals surface area contributed by atoms with Crippen molar-refractivity contribution in [2.75, 3.05) is 12.3 Å². The van der Waals surface area contributed by atoms with Crippen LogP contribution in [0.25, 0.3) is 0 Å². The number of halogens is 1. The number of benzene rings is 1. The molecule has 0 aliphatic heterocycles. The highest BCUT2D eigenvalue weighted by Gasteiger charge is 2.16. The van der Waals surface area contributed by atoms with E-state index < -0.39 is 10.0 Å². The first kappa shape index (κ1) is 14.7. The van der Waals surface area contributed by atoms with Crippen molar-refractivity contribution in [3.8, 4) is 0 Å². The lowest BCUT2D eigenvalue weighted by molar-refractivity contribution is 0.576. The number of nitrogens with one attached hydrogen (secondary N) is 1. The molecule has 17 heavy (non-hydrogen) atoms. The molecule has 0 heterocycles. The highest BCUT2D eigenvalue weighted by molar-refractivity contribution is 9.09. The summed E-state index contributed by atoms with van der Waals surface area (Å²) in [5, 5.41) is 0. The maximum absolute atomic E-state index is 11.8. The molecule has 0 saturated carbocycles. The summed E-state index contributed by atoms with van der Waals surface area (Å²) in [7, 11) is -3.20. The number of rotatable bonds is 6. The van der Waals surface area contributed by atoms with Gasteiger partial charge in [-0.3, -0.25) is 0 Å². The summed E-state index contributed by atoms with van der Waals surface area (Å²) >= 11 is 3.31. The second-order valence-electron chi connectivity index (χ2n) is 4.22. The molecule has 1 aromatic carbocycles. The van der Waals surface area contributed by atoms with E-state index in [9.17, 15) is 8.42 Å². The van der Waals surface area contributed by atoms with Gasteiger partial charge in [-0.15, -0.1) is 0 Å². The summed E-state index contributed by atoms with van der Waals surface area (Å²) in [5.41, 5.74) is 1.05. The number of sulfonamides is 1. The van der Waals surface area contributed by atoms with E-state index in [1.54, 1.807) is 0 Å². The van der Waals surface area contributed by atoms with Crippen LogP contribution in [0, 0.1) is 0 Å². The van der Waals surface area contributed by atoms with Gasteiger partial charge in [-0.25, -0.2) is 13.1 Å². The first-order valence-corrected chi connectivity index (χ1v) is 8.14. The van der Waals surface area contributed by atoms with Crippen LogP contribution in [-0.2, 0) is 10.0 Å². The van der Waals surface area contributed by atoms with Gasteiger partial charge < -0.3 is 0 Å². The first-order valence-electron chi connectivity index (χ1n) is 5.57. The minimum absolute atomic E-state index is 0.000619. The predicted octanol–water partition coefficient (Wildman–Crippen LogP) is 2.49. The van der Waals surface area contributed by atoms with E-state index in [-0.39, 0.29) is 16.5 Å². The Labute approximate surface area is 112 Å². The Hall–Kier alpha value is -0.390. The van der Waals surface area contributed by atoms with E-state index in [2.05, 4.69) is 20.7 Å². The van der Waals surface area contributed by atoms with Crippen molar-refractivity contribution < 1.29 is 8.42 Å². The first-order chi connectivity index (χ1) is 7.91. The van der Waals surface area contributed by atoms with Crippen LogP contribution in [-0.4, -0.2) is 25.5 Å². The Bertz CT molecular complexity index is 431. The van der Waals surface area contributed by atoms with Crippen LogP contribution in [0.5, 0.6) is 0 Å². The largest absolute Gasteiger partial charge is 0.214 e. The summed E-state index contributed by atoms with van der Waals surface area (Å²) in [6.07, 6.45) is 0. The third-order valence-corrected chi connectivity index (χ3v) is 4.29. The van der Waals surface area contributed by atoms with Crippen LogP contribution in [0.15, 0.2) is 30.3 Å². The van der Waals surface area contributed by atoms with Gasteiger partial charge in [-0.1, -0.05) is 60.1 Å². The number of hydrogen-bond acceptors (Lipinski definition) is 2. The van der Waals surface area contributed by atoms with E-state index in [0.29, 0.717) is 6.54 Å². The molecule has 96 valence electrons. The summed E-state index contributed by atoms with van der Waals surface area (Å²) < 4.78 is 26.2. The Morgan fingerprint density at radius 2 is 1.82 bits per heavy atom. The molecule has 0 bridgehead atoms. The fraction of sp³-hybridized carbons (Fsp3) is 0.500. The Morgan fingerprint density at radius 1 is 1.24 bits per heavy atom. The molecule has 2 atom stereocenters. The third-order valence-electron chi connectivity index (χ3n) is 2.42. The van der Waals surface area contributed by atoms with Gasteiger partial charge in [0.1, 0.15) is 0 Å². The molecule has 5 heteroatoms. The van der Waals surface area contributed by atoms with Crippen molar-refractivity contribution in [1.82, 2.24) is 4.72 Å². The fourth-order valence-corrected chi connectivity index (χ4v) is 3.36. The van der Waals surface area contributed by atoms with Crippen LogP contribution in [0.3, 0.4) is 0 Å². The topological polar surface area (TPSA) is 46.2 Å². The van der Waals surface area contributed by atoms with Gasteiger partial charge in [-0.05, 0) is 11.5 Å². The molecule has 0 fully saturated rings. The van der Waals surface area contributed by atoms with Gasteiger partial charge >= 0.3 is 0 Å². The van der Waals surface area contributed by atoms with Crippen molar-refractivity contribution >= 4 is 26.0 Å². The smallest absolute Gasteiger partial charge is 0.212 e. The summed E-state index contributed by atoms with van der Waals surface area (Å²) in [6.45, 7) is 4.25.